The van der Waals surface area contributed by atoms with Gasteiger partial charge in [-0.2, -0.15) is 0 Å². The van der Waals surface area contributed by atoms with Crippen LogP contribution in [0.5, 0.6) is 0 Å². The summed E-state index contributed by atoms with van der Waals surface area (Å²) in [6, 6.07) is 4.80. The minimum atomic E-state index is -1.03. The minimum absolute atomic E-state index is 0.0130. The first-order valence-electron chi connectivity index (χ1n) is 6.76. The molecule has 1 aliphatic rings. The molecule has 2 N–H and O–H groups in total. The lowest BCUT2D eigenvalue weighted by Gasteiger charge is -2.34. The van der Waals surface area contributed by atoms with Gasteiger partial charge < -0.3 is 10.4 Å². The van der Waals surface area contributed by atoms with E-state index in [1.807, 2.05) is 0 Å². The van der Waals surface area contributed by atoms with Crippen LogP contribution in [-0.2, 0) is 11.3 Å². The quantitative estimate of drug-likeness (QED) is 0.853. The Kier molecular flexibility index (Phi) is 4.68. The number of likely N-dealkylation sites (tertiary alicyclic amines) is 1. The number of carbonyl (C=O) groups excluding carboxylic acids is 1. The number of nitrogens with one attached hydrogen (secondary N) is 1. The molecule has 2 rings (SSSR count). The molecule has 1 atom stereocenters. The average Bonchev–Trinajstić information content (AvgIpc) is 2.47. The van der Waals surface area contributed by atoms with Crippen molar-refractivity contribution in [2.45, 2.75) is 31.8 Å². The number of rotatable bonds is 4. The van der Waals surface area contributed by atoms with Crippen LogP contribution in [0, 0.1) is 0 Å². The first-order valence-corrected chi connectivity index (χ1v) is 6.76. The molecule has 0 aromatic carbocycles. The van der Waals surface area contributed by atoms with E-state index in [1.54, 1.807) is 19.2 Å². The van der Waals surface area contributed by atoms with Crippen molar-refractivity contribution in [1.82, 2.24) is 15.2 Å². The van der Waals surface area contributed by atoms with Crippen LogP contribution in [0.3, 0.4) is 0 Å². The summed E-state index contributed by atoms with van der Waals surface area (Å²) in [5, 5.41) is 11.6. The summed E-state index contributed by atoms with van der Waals surface area (Å²) in [7, 11) is 1.64. The SMILES string of the molecule is CNC(=O)[C@@H]1CCCCN1Cc1cccc(C(=O)O)n1. The number of likely N-dealkylation sites (N-methyl/N-ethyl adjacent to an activating group) is 1. The van der Waals surface area contributed by atoms with E-state index in [0.29, 0.717) is 12.2 Å². The molecule has 0 aliphatic carbocycles. The highest BCUT2D eigenvalue weighted by atomic mass is 16.4. The average molecular weight is 277 g/mol. The standard InChI is InChI=1S/C14H19N3O3/c1-15-13(18)12-7-2-3-8-17(12)9-10-5-4-6-11(16-10)14(19)20/h4-6,12H,2-3,7-9H2,1H3,(H,15,18)(H,19,20)/t12-/m0/s1. The zero-order valence-electron chi connectivity index (χ0n) is 11.5. The van der Waals surface area contributed by atoms with Crippen LogP contribution in [-0.4, -0.2) is 46.5 Å². The molecule has 6 nitrogen and oxygen atoms in total. The molecule has 1 saturated heterocycles. The van der Waals surface area contributed by atoms with Crippen LogP contribution in [0.4, 0.5) is 0 Å². The van der Waals surface area contributed by atoms with Crippen LogP contribution in [0.1, 0.15) is 35.4 Å². The highest BCUT2D eigenvalue weighted by molar-refractivity contribution is 5.85. The zero-order valence-corrected chi connectivity index (χ0v) is 11.5. The highest BCUT2D eigenvalue weighted by Gasteiger charge is 2.28. The molecule has 1 aromatic heterocycles. The molecule has 1 fully saturated rings. The maximum Gasteiger partial charge on any atom is 0.354 e. The lowest BCUT2D eigenvalue weighted by molar-refractivity contribution is -0.127. The first-order chi connectivity index (χ1) is 9.61. The Morgan fingerprint density at radius 3 is 2.95 bits per heavy atom. The summed E-state index contributed by atoms with van der Waals surface area (Å²) < 4.78 is 0. The summed E-state index contributed by atoms with van der Waals surface area (Å²) in [4.78, 5) is 29.0. The Morgan fingerprint density at radius 2 is 2.25 bits per heavy atom. The van der Waals surface area contributed by atoms with Crippen molar-refractivity contribution in [3.8, 4) is 0 Å². The third-order valence-corrected chi connectivity index (χ3v) is 3.55. The van der Waals surface area contributed by atoms with Gasteiger partial charge in [0.15, 0.2) is 0 Å². The topological polar surface area (TPSA) is 82.5 Å². The summed E-state index contributed by atoms with van der Waals surface area (Å²) in [6.07, 6.45) is 2.92. The molecule has 2 heterocycles. The van der Waals surface area contributed by atoms with Gasteiger partial charge in [0.1, 0.15) is 5.69 Å². The van der Waals surface area contributed by atoms with Gasteiger partial charge in [-0.3, -0.25) is 9.69 Å². The third-order valence-electron chi connectivity index (χ3n) is 3.55. The van der Waals surface area contributed by atoms with E-state index in [2.05, 4.69) is 15.2 Å². The second-order valence-corrected chi connectivity index (χ2v) is 4.92. The number of hydrogen-bond acceptors (Lipinski definition) is 4. The second kappa shape index (κ2) is 6.47. The maximum atomic E-state index is 11.9. The fourth-order valence-electron chi connectivity index (χ4n) is 2.54. The lowest BCUT2D eigenvalue weighted by atomic mass is 10.0. The Bertz CT molecular complexity index is 504. The molecule has 1 aliphatic heterocycles. The molecule has 0 bridgehead atoms. The van der Waals surface area contributed by atoms with Crippen LogP contribution < -0.4 is 5.32 Å². The van der Waals surface area contributed by atoms with Crippen LogP contribution in [0.15, 0.2) is 18.2 Å². The number of pyridine rings is 1. The fourth-order valence-corrected chi connectivity index (χ4v) is 2.54. The molecule has 6 heteroatoms. The summed E-state index contributed by atoms with van der Waals surface area (Å²) >= 11 is 0. The van der Waals surface area contributed by atoms with E-state index in [1.165, 1.54) is 6.07 Å². The lowest BCUT2D eigenvalue weighted by Crippen LogP contribution is -2.48. The van der Waals surface area contributed by atoms with Crippen molar-refractivity contribution in [2.75, 3.05) is 13.6 Å². The van der Waals surface area contributed by atoms with Gasteiger partial charge >= 0.3 is 5.97 Å². The van der Waals surface area contributed by atoms with Crippen molar-refractivity contribution < 1.29 is 14.7 Å². The number of carboxylic acids is 1. The fraction of sp³-hybridized carbons (Fsp3) is 0.500. The summed E-state index contributed by atoms with van der Waals surface area (Å²) in [5.74, 6) is -1.02. The molecule has 1 aromatic rings. The molecule has 0 radical (unpaired) electrons. The van der Waals surface area contributed by atoms with Gasteiger partial charge in [-0.05, 0) is 31.5 Å². The number of carboxylic acid groups (broad SMARTS) is 1. The summed E-state index contributed by atoms with van der Waals surface area (Å²) in [6.45, 7) is 1.33. The Morgan fingerprint density at radius 1 is 1.45 bits per heavy atom. The maximum absolute atomic E-state index is 11.9. The van der Waals surface area contributed by atoms with Crippen molar-refractivity contribution in [2.24, 2.45) is 0 Å². The molecule has 20 heavy (non-hydrogen) atoms. The van der Waals surface area contributed by atoms with Gasteiger partial charge in [-0.1, -0.05) is 12.5 Å². The van der Waals surface area contributed by atoms with Crippen molar-refractivity contribution >= 4 is 11.9 Å². The summed E-state index contributed by atoms with van der Waals surface area (Å²) in [5.41, 5.74) is 0.719. The molecule has 0 saturated carbocycles. The minimum Gasteiger partial charge on any atom is -0.477 e. The Hall–Kier alpha value is -1.95. The predicted octanol–water partition coefficient (Wildman–Crippen LogP) is 0.880. The zero-order chi connectivity index (χ0) is 14.5. The first kappa shape index (κ1) is 14.5. The van der Waals surface area contributed by atoms with E-state index in [-0.39, 0.29) is 17.6 Å². The van der Waals surface area contributed by atoms with Crippen LogP contribution >= 0.6 is 0 Å². The Labute approximate surface area is 117 Å². The monoisotopic (exact) mass is 277 g/mol. The van der Waals surface area contributed by atoms with Gasteiger partial charge in [-0.25, -0.2) is 9.78 Å². The number of piperidine rings is 1. The van der Waals surface area contributed by atoms with Crippen LogP contribution in [0.25, 0.3) is 0 Å². The molecule has 0 unspecified atom stereocenters. The second-order valence-electron chi connectivity index (χ2n) is 4.92. The predicted molar refractivity (Wildman–Crippen MR) is 73.3 cm³/mol. The van der Waals surface area contributed by atoms with E-state index in [0.717, 1.165) is 25.8 Å². The number of aromatic carboxylic acids is 1. The number of aromatic nitrogens is 1. The van der Waals surface area contributed by atoms with E-state index >= 15 is 0 Å². The smallest absolute Gasteiger partial charge is 0.354 e. The number of hydrogen-bond donors (Lipinski definition) is 2. The highest BCUT2D eigenvalue weighted by Crippen LogP contribution is 2.19. The largest absolute Gasteiger partial charge is 0.477 e. The molecule has 108 valence electrons. The van der Waals surface area contributed by atoms with Gasteiger partial charge in [0, 0.05) is 13.6 Å². The van der Waals surface area contributed by atoms with Gasteiger partial charge in [0.05, 0.1) is 11.7 Å². The third kappa shape index (κ3) is 3.33. The van der Waals surface area contributed by atoms with Crippen molar-refractivity contribution in [1.29, 1.82) is 0 Å². The van der Waals surface area contributed by atoms with Gasteiger partial charge in [0.2, 0.25) is 5.91 Å². The molecular formula is C14H19N3O3. The number of amides is 1. The van der Waals surface area contributed by atoms with E-state index in [9.17, 15) is 9.59 Å². The van der Waals surface area contributed by atoms with Gasteiger partial charge in [0.25, 0.3) is 0 Å². The van der Waals surface area contributed by atoms with Crippen molar-refractivity contribution in [3.63, 3.8) is 0 Å². The normalized spacial score (nSPS) is 19.6. The number of nitrogens with zero attached hydrogens (tertiary/aromatic N) is 2. The molecular weight excluding hydrogens is 258 g/mol. The molecule has 0 spiro atoms. The number of carbonyl (C=O) groups is 2. The van der Waals surface area contributed by atoms with Crippen LogP contribution in [0.2, 0.25) is 0 Å². The molecule has 1 amide bonds. The van der Waals surface area contributed by atoms with E-state index < -0.39 is 5.97 Å². The van der Waals surface area contributed by atoms with Crippen molar-refractivity contribution in [3.05, 3.63) is 29.6 Å². The van der Waals surface area contributed by atoms with Gasteiger partial charge in [-0.15, -0.1) is 0 Å². The van der Waals surface area contributed by atoms with E-state index in [4.69, 9.17) is 5.11 Å². The Balaban J connectivity index is 2.12.